The van der Waals surface area contributed by atoms with Crippen molar-refractivity contribution in [2.75, 3.05) is 0 Å². The van der Waals surface area contributed by atoms with Gasteiger partial charge in [0.1, 0.15) is 5.76 Å². The highest BCUT2D eigenvalue weighted by Crippen LogP contribution is 2.12. The lowest BCUT2D eigenvalue weighted by Gasteiger charge is -2.13. The Bertz CT molecular complexity index is 293. The van der Waals surface area contributed by atoms with E-state index in [-0.39, 0.29) is 11.8 Å². The maximum atomic E-state index is 11.8. The Kier molecular flexibility index (Phi) is 5.68. The van der Waals surface area contributed by atoms with Crippen LogP contribution < -0.4 is 5.32 Å². The lowest BCUT2D eigenvalue weighted by molar-refractivity contribution is -0.125. The van der Waals surface area contributed by atoms with Crippen molar-refractivity contribution in [1.82, 2.24) is 5.32 Å². The molecule has 3 heteroatoms. The summed E-state index contributed by atoms with van der Waals surface area (Å²) in [6, 6.07) is 3.70. The zero-order valence-electron chi connectivity index (χ0n) is 10.2. The minimum Gasteiger partial charge on any atom is -0.467 e. The van der Waals surface area contributed by atoms with Crippen LogP contribution in [0.4, 0.5) is 0 Å². The fourth-order valence-corrected chi connectivity index (χ4v) is 1.70. The molecule has 0 fully saturated rings. The Balaban J connectivity index is 2.31. The molecular formula is C13H21NO2. The number of furan rings is 1. The molecule has 1 rings (SSSR count). The molecule has 1 N–H and O–H groups in total. The number of rotatable bonds is 7. The van der Waals surface area contributed by atoms with Gasteiger partial charge in [0.15, 0.2) is 0 Å². The maximum Gasteiger partial charge on any atom is 0.223 e. The van der Waals surface area contributed by atoms with Crippen molar-refractivity contribution in [1.29, 1.82) is 0 Å². The van der Waals surface area contributed by atoms with E-state index in [1.54, 1.807) is 6.26 Å². The largest absolute Gasteiger partial charge is 0.467 e. The van der Waals surface area contributed by atoms with Gasteiger partial charge in [0.2, 0.25) is 5.91 Å². The van der Waals surface area contributed by atoms with Crippen molar-refractivity contribution in [2.45, 2.75) is 46.1 Å². The molecule has 0 bridgehead atoms. The van der Waals surface area contributed by atoms with Crippen LogP contribution in [0.1, 0.15) is 45.3 Å². The standard InChI is InChI=1S/C13H21NO2/c1-3-5-7-11(4-2)13(15)14-10-12-8-6-9-16-12/h6,8-9,11H,3-5,7,10H2,1-2H3,(H,14,15). The van der Waals surface area contributed by atoms with Crippen LogP contribution >= 0.6 is 0 Å². The minimum atomic E-state index is 0.146. The predicted octanol–water partition coefficient (Wildman–Crippen LogP) is 3.11. The van der Waals surface area contributed by atoms with E-state index >= 15 is 0 Å². The molecule has 1 amide bonds. The van der Waals surface area contributed by atoms with Gasteiger partial charge in [0.05, 0.1) is 12.8 Å². The summed E-state index contributed by atoms with van der Waals surface area (Å²) in [6.45, 7) is 4.70. The van der Waals surface area contributed by atoms with E-state index in [2.05, 4.69) is 19.2 Å². The van der Waals surface area contributed by atoms with Crippen LogP contribution in [0.3, 0.4) is 0 Å². The molecule has 0 aliphatic heterocycles. The van der Waals surface area contributed by atoms with Gasteiger partial charge in [-0.05, 0) is 25.0 Å². The highest BCUT2D eigenvalue weighted by atomic mass is 16.3. The van der Waals surface area contributed by atoms with Crippen LogP contribution in [0.25, 0.3) is 0 Å². The predicted molar refractivity (Wildman–Crippen MR) is 63.9 cm³/mol. The number of unbranched alkanes of at least 4 members (excludes halogenated alkanes) is 1. The number of carbonyl (C=O) groups excluding carboxylic acids is 1. The van der Waals surface area contributed by atoms with E-state index in [1.165, 1.54) is 0 Å². The molecule has 0 aliphatic rings. The van der Waals surface area contributed by atoms with Crippen molar-refractivity contribution < 1.29 is 9.21 Å². The van der Waals surface area contributed by atoms with Gasteiger partial charge in [-0.25, -0.2) is 0 Å². The van der Waals surface area contributed by atoms with E-state index in [4.69, 9.17) is 4.42 Å². The van der Waals surface area contributed by atoms with E-state index in [9.17, 15) is 4.79 Å². The van der Waals surface area contributed by atoms with Crippen LogP contribution in [0.15, 0.2) is 22.8 Å². The molecule has 1 unspecified atom stereocenters. The van der Waals surface area contributed by atoms with Gasteiger partial charge in [-0.15, -0.1) is 0 Å². The number of hydrogen-bond donors (Lipinski definition) is 1. The molecule has 1 aromatic heterocycles. The molecule has 0 spiro atoms. The first-order valence-corrected chi connectivity index (χ1v) is 6.08. The minimum absolute atomic E-state index is 0.146. The monoisotopic (exact) mass is 223 g/mol. The van der Waals surface area contributed by atoms with E-state index in [0.717, 1.165) is 31.4 Å². The fraction of sp³-hybridized carbons (Fsp3) is 0.615. The Morgan fingerprint density at radius 2 is 2.31 bits per heavy atom. The molecule has 1 heterocycles. The molecule has 1 aromatic rings. The second-order valence-electron chi connectivity index (χ2n) is 4.04. The number of hydrogen-bond acceptors (Lipinski definition) is 2. The third-order valence-corrected chi connectivity index (χ3v) is 2.79. The highest BCUT2D eigenvalue weighted by molar-refractivity contribution is 5.78. The van der Waals surface area contributed by atoms with Gasteiger partial charge in [-0.3, -0.25) is 4.79 Å². The molecule has 16 heavy (non-hydrogen) atoms. The average Bonchev–Trinajstić information content (AvgIpc) is 2.80. The second-order valence-corrected chi connectivity index (χ2v) is 4.04. The summed E-state index contributed by atoms with van der Waals surface area (Å²) >= 11 is 0. The van der Waals surface area contributed by atoms with Gasteiger partial charge in [0.25, 0.3) is 0 Å². The first kappa shape index (κ1) is 12.8. The van der Waals surface area contributed by atoms with Crippen molar-refractivity contribution in [3.63, 3.8) is 0 Å². The second kappa shape index (κ2) is 7.09. The molecule has 0 saturated heterocycles. The van der Waals surface area contributed by atoms with Gasteiger partial charge in [-0.2, -0.15) is 0 Å². The molecule has 0 saturated carbocycles. The van der Waals surface area contributed by atoms with Crippen molar-refractivity contribution >= 4 is 5.91 Å². The molecule has 3 nitrogen and oxygen atoms in total. The first-order chi connectivity index (χ1) is 7.77. The van der Waals surface area contributed by atoms with Crippen LogP contribution in [0, 0.1) is 5.92 Å². The summed E-state index contributed by atoms with van der Waals surface area (Å²) in [6.07, 6.45) is 5.77. The summed E-state index contributed by atoms with van der Waals surface area (Å²) in [5.41, 5.74) is 0. The van der Waals surface area contributed by atoms with E-state index in [0.29, 0.717) is 6.54 Å². The van der Waals surface area contributed by atoms with Crippen LogP contribution in [-0.4, -0.2) is 5.91 Å². The molecule has 90 valence electrons. The highest BCUT2D eigenvalue weighted by Gasteiger charge is 2.15. The number of nitrogens with one attached hydrogen (secondary N) is 1. The Morgan fingerprint density at radius 1 is 1.50 bits per heavy atom. The van der Waals surface area contributed by atoms with Crippen molar-refractivity contribution in [2.24, 2.45) is 5.92 Å². The van der Waals surface area contributed by atoms with Gasteiger partial charge in [0, 0.05) is 5.92 Å². The zero-order valence-corrected chi connectivity index (χ0v) is 10.2. The van der Waals surface area contributed by atoms with Gasteiger partial charge >= 0.3 is 0 Å². The zero-order chi connectivity index (χ0) is 11.8. The average molecular weight is 223 g/mol. The lowest BCUT2D eigenvalue weighted by Crippen LogP contribution is -2.29. The van der Waals surface area contributed by atoms with Crippen LogP contribution in [0.5, 0.6) is 0 Å². The Morgan fingerprint density at radius 3 is 2.88 bits per heavy atom. The third kappa shape index (κ3) is 4.09. The number of amides is 1. The van der Waals surface area contributed by atoms with Crippen LogP contribution in [0.2, 0.25) is 0 Å². The van der Waals surface area contributed by atoms with E-state index in [1.807, 2.05) is 12.1 Å². The summed E-state index contributed by atoms with van der Waals surface area (Å²) in [5, 5.41) is 2.91. The first-order valence-electron chi connectivity index (χ1n) is 6.08. The smallest absolute Gasteiger partial charge is 0.223 e. The maximum absolute atomic E-state index is 11.8. The lowest BCUT2D eigenvalue weighted by atomic mass is 9.98. The Labute approximate surface area is 97.2 Å². The third-order valence-electron chi connectivity index (χ3n) is 2.79. The number of carbonyl (C=O) groups is 1. The molecule has 0 aromatic carbocycles. The summed E-state index contributed by atoms with van der Waals surface area (Å²) in [5.74, 6) is 1.10. The summed E-state index contributed by atoms with van der Waals surface area (Å²) in [4.78, 5) is 11.8. The molecular weight excluding hydrogens is 202 g/mol. The summed E-state index contributed by atoms with van der Waals surface area (Å²) in [7, 11) is 0. The topological polar surface area (TPSA) is 42.2 Å². The normalized spacial score (nSPS) is 12.4. The van der Waals surface area contributed by atoms with Gasteiger partial charge in [-0.1, -0.05) is 26.7 Å². The quantitative estimate of drug-likeness (QED) is 0.771. The SMILES string of the molecule is CCCCC(CC)C(=O)NCc1ccco1. The van der Waals surface area contributed by atoms with E-state index < -0.39 is 0 Å². The van der Waals surface area contributed by atoms with Gasteiger partial charge < -0.3 is 9.73 Å². The molecule has 0 aliphatic carbocycles. The molecule has 1 atom stereocenters. The fourth-order valence-electron chi connectivity index (χ4n) is 1.70. The van der Waals surface area contributed by atoms with Crippen molar-refractivity contribution in [3.05, 3.63) is 24.2 Å². The molecule has 0 radical (unpaired) electrons. The van der Waals surface area contributed by atoms with Crippen molar-refractivity contribution in [3.8, 4) is 0 Å². The summed E-state index contributed by atoms with van der Waals surface area (Å²) < 4.78 is 5.16. The van der Waals surface area contributed by atoms with Crippen LogP contribution in [-0.2, 0) is 11.3 Å². The Hall–Kier alpha value is -1.25.